The number of aromatic nitrogens is 2. The third-order valence-electron chi connectivity index (χ3n) is 7.04. The molecule has 2 aromatic heterocycles. The van der Waals surface area contributed by atoms with E-state index in [0.717, 1.165) is 40.6 Å². The van der Waals surface area contributed by atoms with E-state index in [4.69, 9.17) is 11.6 Å². The van der Waals surface area contributed by atoms with Crippen LogP contribution < -0.4 is 0 Å². The molecule has 6 nitrogen and oxygen atoms in total. The lowest BCUT2D eigenvalue weighted by atomic mass is 10.0. The number of piperazine rings is 1. The molecule has 2 unspecified atom stereocenters. The molecule has 5 rings (SSSR count). The summed E-state index contributed by atoms with van der Waals surface area (Å²) in [6.07, 6.45) is 3.39. The molecule has 1 fully saturated rings. The molecule has 0 aliphatic carbocycles. The molecule has 2 N–H and O–H groups in total. The molecular weight excluding hydrogens is 448 g/mol. The maximum Gasteiger partial charge on any atom is 0.146 e. The maximum absolute atomic E-state index is 10.9. The highest BCUT2D eigenvalue weighted by atomic mass is 35.5. The molecule has 0 saturated carbocycles. The van der Waals surface area contributed by atoms with Gasteiger partial charge in [0.1, 0.15) is 22.5 Å². The monoisotopic (exact) mass is 476 g/mol. The highest BCUT2D eigenvalue weighted by molar-refractivity contribution is 6.35. The summed E-state index contributed by atoms with van der Waals surface area (Å²) in [4.78, 5) is 13.5. The molecule has 0 radical (unpaired) electrons. The summed E-state index contributed by atoms with van der Waals surface area (Å²) in [5.41, 5.74) is 4.01. The van der Waals surface area contributed by atoms with E-state index < -0.39 is 0 Å². The van der Waals surface area contributed by atoms with Gasteiger partial charge in [-0.2, -0.15) is 0 Å². The van der Waals surface area contributed by atoms with Crippen LogP contribution in [0.1, 0.15) is 30.5 Å². The van der Waals surface area contributed by atoms with Gasteiger partial charge in [-0.05, 0) is 50.6 Å². The number of fused-ring (bicyclic) bond motifs is 2. The Balaban J connectivity index is 1.35. The predicted molar refractivity (Wildman–Crippen MR) is 136 cm³/mol. The van der Waals surface area contributed by atoms with Crippen LogP contribution in [0.15, 0.2) is 48.8 Å². The van der Waals surface area contributed by atoms with Crippen LogP contribution in [0.25, 0.3) is 21.8 Å². The first-order chi connectivity index (χ1) is 16.3. The van der Waals surface area contributed by atoms with Crippen molar-refractivity contribution in [1.29, 1.82) is 0 Å². The number of phenols is 2. The van der Waals surface area contributed by atoms with Crippen molar-refractivity contribution < 1.29 is 10.2 Å². The minimum absolute atomic E-state index is 0.200. The van der Waals surface area contributed by atoms with E-state index >= 15 is 0 Å². The SMILES string of the molecule is Cc1cc(CN2CC(C)N(Cc3cc(Cl)c4cccnc4c3O)CC2C)c(O)c2ncccc12. The summed E-state index contributed by atoms with van der Waals surface area (Å²) in [5.74, 6) is 0.470. The quantitative estimate of drug-likeness (QED) is 0.419. The minimum atomic E-state index is 0.200. The normalized spacial score (nSPS) is 19.8. The second-order valence-corrected chi connectivity index (χ2v) is 9.83. The number of hydrogen-bond donors (Lipinski definition) is 2. The molecule has 176 valence electrons. The van der Waals surface area contributed by atoms with Crippen molar-refractivity contribution in [2.45, 2.75) is 45.9 Å². The van der Waals surface area contributed by atoms with E-state index in [0.29, 0.717) is 29.1 Å². The molecule has 1 saturated heterocycles. The Morgan fingerprint density at radius 2 is 1.35 bits per heavy atom. The molecule has 1 aliphatic heterocycles. The second kappa shape index (κ2) is 9.02. The molecule has 0 amide bonds. The fraction of sp³-hybridized carbons (Fsp3) is 0.333. The maximum atomic E-state index is 10.9. The molecule has 4 aromatic rings. The van der Waals surface area contributed by atoms with E-state index in [1.165, 1.54) is 0 Å². The van der Waals surface area contributed by atoms with E-state index in [2.05, 4.69) is 46.6 Å². The fourth-order valence-corrected chi connectivity index (χ4v) is 5.38. The van der Waals surface area contributed by atoms with Gasteiger partial charge in [0, 0.05) is 72.6 Å². The first-order valence-corrected chi connectivity index (χ1v) is 12.0. The minimum Gasteiger partial charge on any atom is -0.505 e. The van der Waals surface area contributed by atoms with Crippen molar-refractivity contribution in [3.8, 4) is 11.5 Å². The number of hydrogen-bond acceptors (Lipinski definition) is 6. The van der Waals surface area contributed by atoms with Crippen LogP contribution in [0.4, 0.5) is 0 Å². The molecular formula is C27H29ClN4O2. The van der Waals surface area contributed by atoms with Crippen LogP contribution >= 0.6 is 11.6 Å². The zero-order valence-corrected chi connectivity index (χ0v) is 20.4. The zero-order valence-electron chi connectivity index (χ0n) is 19.7. The summed E-state index contributed by atoms with van der Waals surface area (Å²) in [7, 11) is 0. The summed E-state index contributed by atoms with van der Waals surface area (Å²) >= 11 is 6.49. The first-order valence-electron chi connectivity index (χ1n) is 11.6. The summed E-state index contributed by atoms with van der Waals surface area (Å²) in [6.45, 7) is 9.41. The molecule has 2 aromatic carbocycles. The van der Waals surface area contributed by atoms with E-state index in [1.807, 2.05) is 30.3 Å². The van der Waals surface area contributed by atoms with Gasteiger partial charge < -0.3 is 10.2 Å². The molecule has 7 heteroatoms. The fourth-order valence-electron chi connectivity index (χ4n) is 5.10. The number of nitrogens with zero attached hydrogens (tertiary/aromatic N) is 4. The van der Waals surface area contributed by atoms with Crippen LogP contribution in [0.5, 0.6) is 11.5 Å². The Kier molecular flexibility index (Phi) is 6.06. The van der Waals surface area contributed by atoms with Gasteiger partial charge in [-0.25, -0.2) is 0 Å². The van der Waals surface area contributed by atoms with Crippen molar-refractivity contribution >= 4 is 33.4 Å². The van der Waals surface area contributed by atoms with Crippen molar-refractivity contribution in [2.24, 2.45) is 0 Å². The number of rotatable bonds is 4. The molecule has 0 spiro atoms. The molecule has 2 atom stereocenters. The first kappa shape index (κ1) is 22.8. The van der Waals surface area contributed by atoms with Crippen LogP contribution in [0, 0.1) is 6.92 Å². The lowest BCUT2D eigenvalue weighted by molar-refractivity contribution is 0.0321. The van der Waals surface area contributed by atoms with Gasteiger partial charge in [0.2, 0.25) is 0 Å². The highest BCUT2D eigenvalue weighted by Crippen LogP contribution is 2.35. The summed E-state index contributed by atoms with van der Waals surface area (Å²) in [5, 5.41) is 24.1. The Labute approximate surface area is 204 Å². The van der Waals surface area contributed by atoms with Gasteiger partial charge in [-0.15, -0.1) is 0 Å². The van der Waals surface area contributed by atoms with E-state index in [-0.39, 0.29) is 23.6 Å². The van der Waals surface area contributed by atoms with Crippen LogP contribution in [-0.2, 0) is 13.1 Å². The van der Waals surface area contributed by atoms with Crippen LogP contribution in [0.2, 0.25) is 5.02 Å². The smallest absolute Gasteiger partial charge is 0.146 e. The van der Waals surface area contributed by atoms with Gasteiger partial charge in [0.25, 0.3) is 0 Å². The van der Waals surface area contributed by atoms with Gasteiger partial charge in [-0.1, -0.05) is 23.7 Å². The number of aromatic hydroxyl groups is 2. The number of benzene rings is 2. The average molecular weight is 477 g/mol. The van der Waals surface area contributed by atoms with Crippen molar-refractivity contribution in [1.82, 2.24) is 19.8 Å². The molecule has 34 heavy (non-hydrogen) atoms. The largest absolute Gasteiger partial charge is 0.505 e. The number of pyridine rings is 2. The summed E-state index contributed by atoms with van der Waals surface area (Å²) in [6, 6.07) is 12.0. The standard InChI is InChI=1S/C27H29ClN4O2/c1-16-10-19(26(33)24-21(16)6-4-8-29-24)14-31-12-18(3)32(13-17(31)2)15-20-11-23(28)22-7-5-9-30-25(22)27(20)34/h4-11,17-18,33-34H,12-15H2,1-3H3. The lowest BCUT2D eigenvalue weighted by Crippen LogP contribution is -2.55. The van der Waals surface area contributed by atoms with Crippen molar-refractivity contribution in [3.63, 3.8) is 0 Å². The number of halogens is 1. The third-order valence-corrected chi connectivity index (χ3v) is 7.35. The second-order valence-electron chi connectivity index (χ2n) is 9.42. The van der Waals surface area contributed by atoms with Gasteiger partial charge in [0.15, 0.2) is 0 Å². The summed E-state index contributed by atoms with van der Waals surface area (Å²) < 4.78 is 0. The zero-order chi connectivity index (χ0) is 24.0. The van der Waals surface area contributed by atoms with Crippen molar-refractivity contribution in [2.75, 3.05) is 13.1 Å². The average Bonchev–Trinajstić information content (AvgIpc) is 2.83. The Morgan fingerprint density at radius 3 is 1.94 bits per heavy atom. The molecule has 1 aliphatic rings. The number of aryl methyl sites for hydroxylation is 1. The highest BCUT2D eigenvalue weighted by Gasteiger charge is 2.30. The number of phenolic OH excluding ortho intramolecular Hbond substituents is 2. The van der Waals surface area contributed by atoms with E-state index in [1.54, 1.807) is 12.4 Å². The van der Waals surface area contributed by atoms with E-state index in [9.17, 15) is 10.2 Å². The van der Waals surface area contributed by atoms with Crippen LogP contribution in [-0.4, -0.2) is 55.2 Å². The lowest BCUT2D eigenvalue weighted by Gasteiger charge is -2.44. The predicted octanol–water partition coefficient (Wildman–Crippen LogP) is 5.25. The Morgan fingerprint density at radius 1 is 0.853 bits per heavy atom. The topological polar surface area (TPSA) is 72.7 Å². The Bertz CT molecular complexity index is 1270. The third kappa shape index (κ3) is 4.06. The molecule has 0 bridgehead atoms. The molecule has 3 heterocycles. The Hall–Kier alpha value is -2.93. The van der Waals surface area contributed by atoms with Gasteiger partial charge in [-0.3, -0.25) is 19.8 Å². The van der Waals surface area contributed by atoms with Gasteiger partial charge >= 0.3 is 0 Å². The van der Waals surface area contributed by atoms with Gasteiger partial charge in [0.05, 0.1) is 5.02 Å². The van der Waals surface area contributed by atoms with Crippen LogP contribution in [0.3, 0.4) is 0 Å². The van der Waals surface area contributed by atoms with Crippen molar-refractivity contribution in [3.05, 3.63) is 70.5 Å².